The Balaban J connectivity index is 1.35. The third kappa shape index (κ3) is 6.32. The Hall–Kier alpha value is -4.08. The first-order chi connectivity index (χ1) is 18.9. The molecule has 0 atom stereocenters. The summed E-state index contributed by atoms with van der Waals surface area (Å²) in [5, 5.41) is 2.98. The van der Waals surface area contributed by atoms with Gasteiger partial charge >= 0.3 is 0 Å². The highest BCUT2D eigenvalue weighted by molar-refractivity contribution is 5.97. The summed E-state index contributed by atoms with van der Waals surface area (Å²) < 4.78 is 33.7. The van der Waals surface area contributed by atoms with Gasteiger partial charge in [-0.3, -0.25) is 14.6 Å². The van der Waals surface area contributed by atoms with E-state index in [4.69, 9.17) is 4.74 Å². The minimum absolute atomic E-state index is 0.00851. The number of anilines is 1. The van der Waals surface area contributed by atoms with Gasteiger partial charge in [0.2, 0.25) is 0 Å². The van der Waals surface area contributed by atoms with Gasteiger partial charge in [0.1, 0.15) is 23.2 Å². The van der Waals surface area contributed by atoms with Gasteiger partial charge < -0.3 is 19.9 Å². The molecule has 0 unspecified atom stereocenters. The molecular weight excluding hydrogens is 504 g/mol. The quantitative estimate of drug-likeness (QED) is 0.532. The number of piperidine rings is 1. The highest BCUT2D eigenvalue weighted by atomic mass is 19.1. The van der Waals surface area contributed by atoms with Crippen molar-refractivity contribution in [3.63, 3.8) is 0 Å². The highest BCUT2D eigenvalue weighted by Crippen LogP contribution is 2.38. The number of carbonyl (C=O) groups excluding carboxylic acids is 2. The lowest BCUT2D eigenvalue weighted by atomic mass is 9.75. The lowest BCUT2D eigenvalue weighted by Crippen LogP contribution is -2.46. The van der Waals surface area contributed by atoms with E-state index >= 15 is 0 Å². The van der Waals surface area contributed by atoms with Crippen LogP contribution in [0.15, 0.2) is 61.1 Å². The first kappa shape index (κ1) is 26.5. The average Bonchev–Trinajstić information content (AvgIpc) is 2.96. The molecule has 2 aromatic carbocycles. The fourth-order valence-corrected chi connectivity index (χ4v) is 5.36. The van der Waals surface area contributed by atoms with Gasteiger partial charge in [0.25, 0.3) is 11.8 Å². The standard InChI is InChI=1S/C29H31F2N5O3/c30-22-16-21(17-23(31)18-22)28(38)36-13-7-29(8-14-36)6-3-12-35(26-19-32-9-10-33-26)15-11-34-27(37)24-4-1-2-5-25(24)39-20-29/h1-2,4-5,9-10,16-19H,3,6-8,11-15,20H2,(H,34,37). The van der Waals surface area contributed by atoms with Crippen LogP contribution in [0.3, 0.4) is 0 Å². The lowest BCUT2D eigenvalue weighted by molar-refractivity contribution is 0.0364. The van der Waals surface area contributed by atoms with Crippen LogP contribution in [0.25, 0.3) is 0 Å². The first-order valence-corrected chi connectivity index (χ1v) is 13.2. The molecule has 0 aliphatic carbocycles. The zero-order valence-electron chi connectivity index (χ0n) is 21.6. The topological polar surface area (TPSA) is 87.7 Å². The van der Waals surface area contributed by atoms with Crippen LogP contribution in [0, 0.1) is 17.0 Å². The number of para-hydroxylation sites is 1. The summed E-state index contributed by atoms with van der Waals surface area (Å²) in [7, 11) is 0. The number of hydrogen-bond acceptors (Lipinski definition) is 6. The molecule has 1 saturated heterocycles. The minimum Gasteiger partial charge on any atom is -0.492 e. The van der Waals surface area contributed by atoms with Crippen LogP contribution in [-0.4, -0.2) is 66.0 Å². The van der Waals surface area contributed by atoms with Crippen LogP contribution < -0.4 is 15.0 Å². The molecule has 0 radical (unpaired) electrons. The molecule has 3 heterocycles. The van der Waals surface area contributed by atoms with Gasteiger partial charge in [-0.1, -0.05) is 12.1 Å². The summed E-state index contributed by atoms with van der Waals surface area (Å²) in [6.07, 6.45) is 8.00. The van der Waals surface area contributed by atoms with Crippen LogP contribution in [0.1, 0.15) is 46.4 Å². The van der Waals surface area contributed by atoms with Crippen molar-refractivity contribution in [3.8, 4) is 5.75 Å². The number of hydrogen-bond donors (Lipinski definition) is 1. The Morgan fingerprint density at radius 3 is 2.49 bits per heavy atom. The van der Waals surface area contributed by atoms with E-state index in [-0.39, 0.29) is 22.8 Å². The predicted octanol–water partition coefficient (Wildman–Crippen LogP) is 4.09. The molecule has 0 saturated carbocycles. The Morgan fingerprint density at radius 2 is 1.74 bits per heavy atom. The normalized spacial score (nSPS) is 18.2. The van der Waals surface area contributed by atoms with Crippen molar-refractivity contribution in [2.24, 2.45) is 5.41 Å². The van der Waals surface area contributed by atoms with E-state index in [0.717, 1.165) is 36.9 Å². The number of benzene rings is 2. The van der Waals surface area contributed by atoms with Crippen molar-refractivity contribution in [2.75, 3.05) is 44.2 Å². The number of likely N-dealkylation sites (tertiary alicyclic amines) is 1. The summed E-state index contributed by atoms with van der Waals surface area (Å²) in [5.41, 5.74) is 0.239. The number of carbonyl (C=O) groups is 2. The van der Waals surface area contributed by atoms with Crippen molar-refractivity contribution in [1.82, 2.24) is 20.2 Å². The minimum atomic E-state index is -0.772. The van der Waals surface area contributed by atoms with Gasteiger partial charge in [0.15, 0.2) is 0 Å². The molecule has 0 bridgehead atoms. The maximum absolute atomic E-state index is 13.7. The number of fused-ring (bicyclic) bond motifs is 1. The number of amides is 2. The fourth-order valence-electron chi connectivity index (χ4n) is 5.36. The van der Waals surface area contributed by atoms with Crippen LogP contribution in [0.4, 0.5) is 14.6 Å². The van der Waals surface area contributed by atoms with Gasteiger partial charge in [0, 0.05) is 62.2 Å². The zero-order valence-corrected chi connectivity index (χ0v) is 21.6. The van der Waals surface area contributed by atoms with E-state index in [9.17, 15) is 18.4 Å². The van der Waals surface area contributed by atoms with Crippen LogP contribution in [0.2, 0.25) is 0 Å². The molecule has 3 aromatic rings. The van der Waals surface area contributed by atoms with E-state index in [0.29, 0.717) is 63.5 Å². The maximum atomic E-state index is 13.7. The molecule has 39 heavy (non-hydrogen) atoms. The maximum Gasteiger partial charge on any atom is 0.255 e. The monoisotopic (exact) mass is 535 g/mol. The van der Waals surface area contributed by atoms with Gasteiger partial charge in [-0.2, -0.15) is 0 Å². The average molecular weight is 536 g/mol. The van der Waals surface area contributed by atoms with Crippen molar-refractivity contribution < 1.29 is 23.1 Å². The Bertz CT molecular complexity index is 1300. The molecule has 2 aliphatic rings. The first-order valence-electron chi connectivity index (χ1n) is 13.2. The summed E-state index contributed by atoms with van der Waals surface area (Å²) >= 11 is 0. The second-order valence-corrected chi connectivity index (χ2v) is 10.1. The number of rotatable bonds is 2. The summed E-state index contributed by atoms with van der Waals surface area (Å²) in [6.45, 7) is 3.00. The van der Waals surface area contributed by atoms with E-state index in [1.54, 1.807) is 41.7 Å². The molecule has 1 spiro atoms. The van der Waals surface area contributed by atoms with Crippen molar-refractivity contribution in [2.45, 2.75) is 25.7 Å². The molecule has 2 amide bonds. The largest absolute Gasteiger partial charge is 0.492 e. The summed E-state index contributed by atoms with van der Waals surface area (Å²) in [4.78, 5) is 38.4. The highest BCUT2D eigenvalue weighted by Gasteiger charge is 2.37. The molecule has 5 rings (SSSR count). The molecule has 204 valence electrons. The summed E-state index contributed by atoms with van der Waals surface area (Å²) in [5.74, 6) is -0.870. The molecule has 2 aliphatic heterocycles. The number of nitrogens with one attached hydrogen (secondary N) is 1. The van der Waals surface area contributed by atoms with Crippen LogP contribution in [0.5, 0.6) is 5.75 Å². The number of ether oxygens (including phenoxy) is 1. The van der Waals surface area contributed by atoms with E-state index in [2.05, 4.69) is 20.2 Å². The Morgan fingerprint density at radius 1 is 0.974 bits per heavy atom. The number of halogens is 2. The molecule has 1 fully saturated rings. The number of aromatic nitrogens is 2. The molecule has 1 aromatic heterocycles. The molecular formula is C29H31F2N5O3. The van der Waals surface area contributed by atoms with E-state index in [1.165, 1.54) is 0 Å². The second kappa shape index (κ2) is 11.8. The van der Waals surface area contributed by atoms with Crippen LogP contribution >= 0.6 is 0 Å². The third-order valence-electron chi connectivity index (χ3n) is 7.56. The second-order valence-electron chi connectivity index (χ2n) is 10.1. The Labute approximate surface area is 226 Å². The SMILES string of the molecule is O=C1NCCN(c2cnccn2)CCCC2(CCN(C(=O)c3cc(F)cc(F)c3)CC2)COc2ccccc21. The molecule has 1 N–H and O–H groups in total. The number of nitrogens with zero attached hydrogens (tertiary/aromatic N) is 4. The fraction of sp³-hybridized carbons (Fsp3) is 0.379. The van der Waals surface area contributed by atoms with E-state index in [1.807, 2.05) is 6.07 Å². The molecule has 10 heteroatoms. The van der Waals surface area contributed by atoms with E-state index < -0.39 is 11.6 Å². The van der Waals surface area contributed by atoms with Gasteiger partial charge in [-0.25, -0.2) is 13.8 Å². The lowest BCUT2D eigenvalue weighted by Gasteiger charge is -2.42. The van der Waals surface area contributed by atoms with Crippen molar-refractivity contribution in [3.05, 3.63) is 83.8 Å². The van der Waals surface area contributed by atoms with Crippen molar-refractivity contribution in [1.29, 1.82) is 0 Å². The van der Waals surface area contributed by atoms with Crippen LogP contribution in [-0.2, 0) is 0 Å². The zero-order chi connectivity index (χ0) is 27.2. The van der Waals surface area contributed by atoms with Gasteiger partial charge in [0.05, 0.1) is 18.4 Å². The smallest absolute Gasteiger partial charge is 0.255 e. The van der Waals surface area contributed by atoms with Crippen molar-refractivity contribution >= 4 is 17.6 Å². The molecule has 8 nitrogen and oxygen atoms in total. The third-order valence-corrected chi connectivity index (χ3v) is 7.56. The Kier molecular flexibility index (Phi) is 7.99. The summed E-state index contributed by atoms with van der Waals surface area (Å²) in [6, 6.07) is 10.1. The van der Waals surface area contributed by atoms with Gasteiger partial charge in [-0.05, 0) is 49.9 Å². The predicted molar refractivity (Wildman–Crippen MR) is 142 cm³/mol. The van der Waals surface area contributed by atoms with Gasteiger partial charge in [-0.15, -0.1) is 0 Å².